The molecule has 0 aliphatic carbocycles. The number of hydrogen-bond donors (Lipinski definition) is 3. The van der Waals surface area contributed by atoms with Crippen molar-refractivity contribution in [2.24, 2.45) is 5.84 Å². The van der Waals surface area contributed by atoms with Gasteiger partial charge in [0.05, 0.1) is 5.56 Å². The number of pyridine rings is 1. The van der Waals surface area contributed by atoms with E-state index in [9.17, 15) is 13.2 Å². The minimum atomic E-state index is -4.45. The standard InChI is InChI=1S/C13H19F3N4O/c14-13(15,16)9-7-11(19-17)18-12(8-9)20-5-2-1-3-10(20)4-6-21/h7-8,10,21H,1-6,17H2,(H,18,19). The number of rotatable bonds is 4. The van der Waals surface area contributed by atoms with Gasteiger partial charge >= 0.3 is 6.18 Å². The number of halogens is 3. The van der Waals surface area contributed by atoms with E-state index in [0.29, 0.717) is 13.0 Å². The van der Waals surface area contributed by atoms with E-state index in [0.717, 1.165) is 31.4 Å². The molecule has 0 aromatic carbocycles. The summed E-state index contributed by atoms with van der Waals surface area (Å²) in [7, 11) is 0. The van der Waals surface area contributed by atoms with Crippen molar-refractivity contribution >= 4 is 11.6 Å². The van der Waals surface area contributed by atoms with Crippen molar-refractivity contribution in [1.29, 1.82) is 0 Å². The number of hydrogen-bond acceptors (Lipinski definition) is 5. The molecule has 0 spiro atoms. The zero-order chi connectivity index (χ0) is 15.5. The van der Waals surface area contributed by atoms with Gasteiger partial charge in [-0.1, -0.05) is 0 Å². The van der Waals surface area contributed by atoms with E-state index in [4.69, 9.17) is 10.9 Å². The molecule has 8 heteroatoms. The number of nitrogens with one attached hydrogen (secondary N) is 1. The summed E-state index contributed by atoms with van der Waals surface area (Å²) in [5.74, 6) is 5.44. The molecule has 2 rings (SSSR count). The Kier molecular flexibility index (Phi) is 4.89. The maximum Gasteiger partial charge on any atom is 0.416 e. The van der Waals surface area contributed by atoms with Gasteiger partial charge in [0.25, 0.3) is 0 Å². The van der Waals surface area contributed by atoms with Crippen LogP contribution in [0.4, 0.5) is 24.8 Å². The summed E-state index contributed by atoms with van der Waals surface area (Å²) >= 11 is 0. The van der Waals surface area contributed by atoms with E-state index in [1.807, 2.05) is 4.90 Å². The van der Waals surface area contributed by atoms with Gasteiger partial charge in [-0.3, -0.25) is 0 Å². The lowest BCUT2D eigenvalue weighted by molar-refractivity contribution is -0.137. The number of aliphatic hydroxyl groups excluding tert-OH is 1. The van der Waals surface area contributed by atoms with Gasteiger partial charge < -0.3 is 15.4 Å². The van der Waals surface area contributed by atoms with E-state index in [2.05, 4.69) is 10.4 Å². The predicted octanol–water partition coefficient (Wildman–Crippen LogP) is 2.13. The van der Waals surface area contributed by atoms with Crippen molar-refractivity contribution < 1.29 is 18.3 Å². The number of piperidine rings is 1. The van der Waals surface area contributed by atoms with Crippen LogP contribution in [0, 0.1) is 0 Å². The topological polar surface area (TPSA) is 74.4 Å². The average Bonchev–Trinajstić information content (AvgIpc) is 2.47. The zero-order valence-electron chi connectivity index (χ0n) is 11.5. The van der Waals surface area contributed by atoms with Crippen molar-refractivity contribution in [2.45, 2.75) is 37.9 Å². The molecule has 21 heavy (non-hydrogen) atoms. The van der Waals surface area contributed by atoms with Crippen molar-refractivity contribution in [3.63, 3.8) is 0 Å². The fourth-order valence-corrected chi connectivity index (χ4v) is 2.65. The molecule has 4 N–H and O–H groups in total. The third-order valence-corrected chi connectivity index (χ3v) is 3.67. The summed E-state index contributed by atoms with van der Waals surface area (Å²) in [6.07, 6.45) is -1.20. The summed E-state index contributed by atoms with van der Waals surface area (Å²) in [5, 5.41) is 9.11. The highest BCUT2D eigenvalue weighted by Crippen LogP contribution is 2.34. The highest BCUT2D eigenvalue weighted by Gasteiger charge is 2.33. The van der Waals surface area contributed by atoms with Crippen LogP contribution in [-0.4, -0.2) is 29.3 Å². The third kappa shape index (κ3) is 3.76. The van der Waals surface area contributed by atoms with Gasteiger partial charge in [-0.2, -0.15) is 13.2 Å². The Morgan fingerprint density at radius 3 is 2.76 bits per heavy atom. The van der Waals surface area contributed by atoms with Crippen LogP contribution in [0.5, 0.6) is 0 Å². The molecule has 1 fully saturated rings. The number of nitrogens with zero attached hydrogens (tertiary/aromatic N) is 2. The van der Waals surface area contributed by atoms with Crippen molar-refractivity contribution in [1.82, 2.24) is 4.98 Å². The molecule has 5 nitrogen and oxygen atoms in total. The van der Waals surface area contributed by atoms with Crippen molar-refractivity contribution in [3.05, 3.63) is 17.7 Å². The second-order valence-electron chi connectivity index (χ2n) is 5.10. The molecular weight excluding hydrogens is 285 g/mol. The molecule has 1 unspecified atom stereocenters. The highest BCUT2D eigenvalue weighted by molar-refractivity contribution is 5.51. The Balaban J connectivity index is 2.36. The zero-order valence-corrected chi connectivity index (χ0v) is 11.5. The summed E-state index contributed by atoms with van der Waals surface area (Å²) in [6, 6.07) is 1.93. The number of nitrogen functional groups attached to an aromatic ring is 1. The SMILES string of the molecule is NNc1cc(C(F)(F)F)cc(N2CCCCC2CCO)n1. The van der Waals surface area contributed by atoms with Gasteiger partial charge in [0.2, 0.25) is 0 Å². The number of alkyl halides is 3. The average molecular weight is 304 g/mol. The van der Waals surface area contributed by atoms with E-state index in [1.54, 1.807) is 0 Å². The molecule has 2 heterocycles. The molecule has 1 atom stereocenters. The first-order valence-electron chi connectivity index (χ1n) is 6.89. The fourth-order valence-electron chi connectivity index (χ4n) is 2.65. The molecule has 1 aliphatic heterocycles. The molecule has 1 saturated heterocycles. The van der Waals surface area contributed by atoms with Gasteiger partial charge in [0, 0.05) is 19.2 Å². The summed E-state index contributed by atoms with van der Waals surface area (Å²) < 4.78 is 38.8. The van der Waals surface area contributed by atoms with E-state index < -0.39 is 11.7 Å². The Morgan fingerprint density at radius 1 is 1.38 bits per heavy atom. The largest absolute Gasteiger partial charge is 0.416 e. The maximum atomic E-state index is 12.9. The fraction of sp³-hybridized carbons (Fsp3) is 0.615. The first-order chi connectivity index (χ1) is 9.95. The van der Waals surface area contributed by atoms with Crippen LogP contribution < -0.4 is 16.2 Å². The Morgan fingerprint density at radius 2 is 2.14 bits per heavy atom. The number of nitrogens with two attached hydrogens (primary N) is 1. The van der Waals surface area contributed by atoms with Crippen molar-refractivity contribution in [2.75, 3.05) is 23.5 Å². The van der Waals surface area contributed by atoms with Gasteiger partial charge in [0.15, 0.2) is 0 Å². The van der Waals surface area contributed by atoms with Gasteiger partial charge in [-0.05, 0) is 37.8 Å². The first kappa shape index (κ1) is 15.8. The number of hydrazine groups is 1. The molecule has 1 aromatic heterocycles. The maximum absolute atomic E-state index is 12.9. The van der Waals surface area contributed by atoms with Gasteiger partial charge in [-0.25, -0.2) is 10.8 Å². The number of anilines is 2. The third-order valence-electron chi connectivity index (χ3n) is 3.67. The minimum Gasteiger partial charge on any atom is -0.396 e. The molecule has 0 amide bonds. The molecule has 0 bridgehead atoms. The first-order valence-corrected chi connectivity index (χ1v) is 6.89. The van der Waals surface area contributed by atoms with Crippen LogP contribution in [0.2, 0.25) is 0 Å². The van der Waals surface area contributed by atoms with E-state index in [1.165, 1.54) is 0 Å². The van der Waals surface area contributed by atoms with Crippen molar-refractivity contribution in [3.8, 4) is 0 Å². The monoisotopic (exact) mass is 304 g/mol. The van der Waals surface area contributed by atoms with Crippen LogP contribution in [0.3, 0.4) is 0 Å². The lowest BCUT2D eigenvalue weighted by atomic mass is 9.99. The molecular formula is C13H19F3N4O. The highest BCUT2D eigenvalue weighted by atomic mass is 19.4. The Labute approximate surface area is 120 Å². The van der Waals surface area contributed by atoms with E-state index >= 15 is 0 Å². The molecule has 1 aromatic rings. The number of aromatic nitrogens is 1. The summed E-state index contributed by atoms with van der Waals surface area (Å²) in [4.78, 5) is 5.96. The smallest absolute Gasteiger partial charge is 0.396 e. The lowest BCUT2D eigenvalue weighted by Crippen LogP contribution is -2.41. The normalized spacial score (nSPS) is 19.7. The second kappa shape index (κ2) is 6.48. The Hall–Kier alpha value is -1.54. The van der Waals surface area contributed by atoms with Crippen LogP contribution in [0.1, 0.15) is 31.2 Å². The molecule has 118 valence electrons. The van der Waals surface area contributed by atoms with Crippen LogP contribution in [0.25, 0.3) is 0 Å². The van der Waals surface area contributed by atoms with Crippen LogP contribution in [0.15, 0.2) is 12.1 Å². The van der Waals surface area contributed by atoms with E-state index in [-0.39, 0.29) is 24.3 Å². The molecule has 0 saturated carbocycles. The Bertz CT molecular complexity index is 479. The lowest BCUT2D eigenvalue weighted by Gasteiger charge is -2.37. The van der Waals surface area contributed by atoms with Crippen LogP contribution >= 0.6 is 0 Å². The van der Waals surface area contributed by atoms with Crippen LogP contribution in [-0.2, 0) is 6.18 Å². The van der Waals surface area contributed by atoms with Gasteiger partial charge in [-0.15, -0.1) is 0 Å². The molecule has 1 aliphatic rings. The molecule has 0 radical (unpaired) electrons. The van der Waals surface area contributed by atoms with Gasteiger partial charge in [0.1, 0.15) is 11.6 Å². The minimum absolute atomic E-state index is 0.00211. The predicted molar refractivity (Wildman–Crippen MR) is 73.7 cm³/mol. The summed E-state index contributed by atoms with van der Waals surface area (Å²) in [5.41, 5.74) is 1.40. The second-order valence-corrected chi connectivity index (χ2v) is 5.10. The summed E-state index contributed by atoms with van der Waals surface area (Å²) in [6.45, 7) is 0.630. The number of aliphatic hydroxyl groups is 1. The quantitative estimate of drug-likeness (QED) is 0.587.